The van der Waals surface area contributed by atoms with Gasteiger partial charge in [0.05, 0.1) is 24.4 Å². The van der Waals surface area contributed by atoms with Crippen molar-refractivity contribution in [2.24, 2.45) is 82.9 Å². The molecule has 3 aliphatic heterocycles. The van der Waals surface area contributed by atoms with Gasteiger partial charge in [0.25, 0.3) is 0 Å². The van der Waals surface area contributed by atoms with Gasteiger partial charge in [0.15, 0.2) is 0 Å². The number of fused-ring (bicyclic) bond motifs is 11. The van der Waals surface area contributed by atoms with E-state index in [0.717, 1.165) is 111 Å². The van der Waals surface area contributed by atoms with Crippen LogP contribution in [0.1, 0.15) is 225 Å². The van der Waals surface area contributed by atoms with Crippen molar-refractivity contribution in [1.82, 2.24) is 4.90 Å². The van der Waals surface area contributed by atoms with Gasteiger partial charge in [-0.05, 0) is 218 Å². The molecule has 0 aromatic heterocycles. The third-order valence-corrected chi connectivity index (χ3v) is 25.7. The van der Waals surface area contributed by atoms with E-state index in [9.17, 15) is 0 Å². The molecule has 3 nitrogen and oxygen atoms in total. The summed E-state index contributed by atoms with van der Waals surface area (Å²) in [5.41, 5.74) is 0. The number of hydrogen-bond donors (Lipinski definition) is 0. The summed E-state index contributed by atoms with van der Waals surface area (Å²) in [4.78, 5) is 3.34. The quantitative estimate of drug-likeness (QED) is 0.265. The molecule has 0 radical (unpaired) electrons. The van der Waals surface area contributed by atoms with Gasteiger partial charge >= 0.3 is 0 Å². The smallest absolute Gasteiger partial charge is 0.0652 e. The van der Waals surface area contributed by atoms with Crippen LogP contribution in [0.5, 0.6) is 0 Å². The Labute approximate surface area is 385 Å². The van der Waals surface area contributed by atoms with Gasteiger partial charge < -0.3 is 9.47 Å². The lowest BCUT2D eigenvalue weighted by Gasteiger charge is -2.52. The van der Waals surface area contributed by atoms with Crippen LogP contribution >= 0.6 is 11.8 Å². The molecule has 0 amide bonds. The van der Waals surface area contributed by atoms with Crippen molar-refractivity contribution in [2.75, 3.05) is 0 Å². The van der Waals surface area contributed by atoms with E-state index >= 15 is 0 Å². The van der Waals surface area contributed by atoms with Gasteiger partial charge in [0.1, 0.15) is 0 Å². The van der Waals surface area contributed by atoms with Crippen LogP contribution in [0.15, 0.2) is 0 Å². The van der Waals surface area contributed by atoms with Crippen LogP contribution in [0.4, 0.5) is 0 Å². The first-order valence-electron chi connectivity index (χ1n) is 29.5. The van der Waals surface area contributed by atoms with Crippen LogP contribution in [0, 0.1) is 82.9 Å². The predicted molar refractivity (Wildman–Crippen MR) is 256 cm³/mol. The second-order valence-corrected chi connectivity index (χ2v) is 27.7. The van der Waals surface area contributed by atoms with Crippen LogP contribution in [-0.2, 0) is 9.47 Å². The molecular formula is C58H93NO2S. The highest BCUT2D eigenvalue weighted by Crippen LogP contribution is 2.63. The molecule has 0 bridgehead atoms. The van der Waals surface area contributed by atoms with Gasteiger partial charge in [-0.15, -0.1) is 0 Å². The Hall–Kier alpha value is 0.230. The maximum Gasteiger partial charge on any atom is 0.0652 e. The van der Waals surface area contributed by atoms with Gasteiger partial charge in [-0.3, -0.25) is 4.90 Å². The van der Waals surface area contributed by atoms with Crippen molar-refractivity contribution in [1.29, 1.82) is 0 Å². The Kier molecular flexibility index (Phi) is 12.5. The standard InChI is InChI=1S/C58H93NO2S/c1-2-10-36(11-3-1)37-20-25-41(26-21-37)59(42-27-22-39(23-28-42)45-16-8-13-38-12-4-5-14-44(38)45)43-29-31-48-47-30-24-40(34-52(47)60-53(48)35-43)46-17-9-18-49-50-32-33-55-56(58(50)61-57(46)49)51-15-6-7-19-54(51)62-55/h36-58H,1-35H2. The van der Waals surface area contributed by atoms with Gasteiger partial charge in [0.2, 0.25) is 0 Å². The van der Waals surface area contributed by atoms with Gasteiger partial charge in [-0.1, -0.05) is 83.5 Å². The highest BCUT2D eigenvalue weighted by molar-refractivity contribution is 8.00. The molecule has 13 fully saturated rings. The number of ether oxygens (including phenoxy) is 2. The van der Waals surface area contributed by atoms with E-state index in [1.54, 1.807) is 70.6 Å². The first-order chi connectivity index (χ1) is 30.7. The summed E-state index contributed by atoms with van der Waals surface area (Å²) in [5, 5.41) is 1.89. The SMILES string of the molecule is C1CCC(C2CCC(N(C3CCC(C4CCCC5CCCCC54)CC3)C3CCC4C(C3)OC3CC(C5CCCC6C7CCC8SC9CCCCC9C8C7OC56)CCC34)CC2)CC1. The highest BCUT2D eigenvalue weighted by Gasteiger charge is 2.61. The third-order valence-electron chi connectivity index (χ3n) is 23.9. The summed E-state index contributed by atoms with van der Waals surface area (Å²) >= 11 is 2.44. The number of hydrogen-bond acceptors (Lipinski definition) is 4. The molecular weight excluding hydrogens is 775 g/mol. The molecule has 0 spiro atoms. The van der Waals surface area contributed by atoms with Crippen LogP contribution in [0.2, 0.25) is 0 Å². The molecule has 10 saturated carbocycles. The molecule has 348 valence electrons. The number of rotatable bonds is 6. The summed E-state index contributed by atoms with van der Waals surface area (Å²) in [7, 11) is 0. The van der Waals surface area contributed by atoms with Crippen molar-refractivity contribution >= 4 is 11.8 Å². The molecule has 10 aliphatic carbocycles. The molecule has 4 heteroatoms. The Morgan fingerprint density at radius 1 is 0.290 bits per heavy atom. The molecule has 3 heterocycles. The summed E-state index contributed by atoms with van der Waals surface area (Å²) in [6, 6.07) is 2.51. The predicted octanol–water partition coefficient (Wildman–Crippen LogP) is 14.8. The Bertz CT molecular complexity index is 1500. The molecule has 18 atom stereocenters. The molecule has 0 aromatic rings. The Morgan fingerprint density at radius 3 is 1.63 bits per heavy atom. The average Bonchev–Trinajstić information content (AvgIpc) is 4.03. The minimum Gasteiger partial charge on any atom is -0.374 e. The van der Waals surface area contributed by atoms with E-state index in [1.807, 2.05) is 0 Å². The van der Waals surface area contributed by atoms with Gasteiger partial charge in [-0.2, -0.15) is 11.8 Å². The maximum atomic E-state index is 7.61. The van der Waals surface area contributed by atoms with Crippen LogP contribution < -0.4 is 0 Å². The largest absolute Gasteiger partial charge is 0.374 e. The molecule has 0 aromatic carbocycles. The fourth-order valence-electron chi connectivity index (χ4n) is 21.3. The number of thioether (sulfide) groups is 1. The molecule has 18 unspecified atom stereocenters. The van der Waals surface area contributed by atoms with Crippen molar-refractivity contribution in [3.05, 3.63) is 0 Å². The molecule has 3 saturated heterocycles. The summed E-state index contributed by atoms with van der Waals surface area (Å²) in [5.74, 6) is 13.5. The van der Waals surface area contributed by atoms with Crippen LogP contribution in [-0.4, -0.2) is 57.9 Å². The summed E-state index contributed by atoms with van der Waals surface area (Å²) < 4.78 is 15.1. The van der Waals surface area contributed by atoms with E-state index in [-0.39, 0.29) is 0 Å². The van der Waals surface area contributed by atoms with Crippen molar-refractivity contribution in [2.45, 2.75) is 278 Å². The van der Waals surface area contributed by atoms with Gasteiger partial charge in [0, 0.05) is 34.5 Å². The lowest BCUT2D eigenvalue weighted by molar-refractivity contribution is -0.0854. The van der Waals surface area contributed by atoms with Crippen LogP contribution in [0.25, 0.3) is 0 Å². The topological polar surface area (TPSA) is 21.7 Å². The fraction of sp³-hybridized carbons (Fsp3) is 1.00. The molecule has 13 aliphatic rings. The first-order valence-corrected chi connectivity index (χ1v) is 30.4. The molecule has 0 N–H and O–H groups in total. The summed E-state index contributed by atoms with van der Waals surface area (Å²) in [6.45, 7) is 0. The van der Waals surface area contributed by atoms with E-state index in [0.29, 0.717) is 24.4 Å². The fourth-order valence-corrected chi connectivity index (χ4v) is 23.4. The third kappa shape index (κ3) is 7.74. The zero-order valence-corrected chi connectivity index (χ0v) is 40.5. The van der Waals surface area contributed by atoms with E-state index < -0.39 is 0 Å². The highest BCUT2D eigenvalue weighted by atomic mass is 32.2. The molecule has 62 heavy (non-hydrogen) atoms. The minimum atomic E-state index is 0.551. The first kappa shape index (κ1) is 42.3. The van der Waals surface area contributed by atoms with Crippen molar-refractivity contribution in [3.8, 4) is 0 Å². The lowest BCUT2D eigenvalue weighted by Crippen LogP contribution is -2.54. The Balaban J connectivity index is 0.676. The second-order valence-electron chi connectivity index (χ2n) is 26.2. The minimum absolute atomic E-state index is 0.551. The maximum absolute atomic E-state index is 7.61. The van der Waals surface area contributed by atoms with Crippen LogP contribution in [0.3, 0.4) is 0 Å². The van der Waals surface area contributed by atoms with E-state index in [1.165, 1.54) is 154 Å². The zero-order chi connectivity index (χ0) is 40.7. The lowest BCUT2D eigenvalue weighted by atomic mass is 9.59. The average molecular weight is 868 g/mol. The molecule has 13 rings (SSSR count). The second kappa shape index (κ2) is 18.3. The van der Waals surface area contributed by atoms with E-state index in [2.05, 4.69) is 16.7 Å². The van der Waals surface area contributed by atoms with Crippen molar-refractivity contribution < 1.29 is 9.47 Å². The monoisotopic (exact) mass is 868 g/mol. The van der Waals surface area contributed by atoms with Gasteiger partial charge in [-0.25, -0.2) is 0 Å². The summed E-state index contributed by atoms with van der Waals surface area (Å²) in [6.07, 6.45) is 55.2. The number of nitrogens with zero attached hydrogens (tertiary/aromatic N) is 1. The van der Waals surface area contributed by atoms with E-state index in [4.69, 9.17) is 9.47 Å². The zero-order valence-electron chi connectivity index (χ0n) is 39.7. The van der Waals surface area contributed by atoms with Crippen molar-refractivity contribution in [3.63, 3.8) is 0 Å². The normalized spacial score (nSPS) is 54.3. The Morgan fingerprint density at radius 2 is 0.806 bits per heavy atom.